The van der Waals surface area contributed by atoms with Gasteiger partial charge >= 0.3 is 5.97 Å². The van der Waals surface area contributed by atoms with Crippen LogP contribution in [0.1, 0.15) is 18.4 Å². The fraction of sp³-hybridized carbons (Fsp3) is 0.222. The lowest BCUT2D eigenvalue weighted by Crippen LogP contribution is -2.09. The molecule has 0 unspecified atom stereocenters. The predicted molar refractivity (Wildman–Crippen MR) is 87.2 cm³/mol. The number of hydrogen-bond donors (Lipinski definition) is 0. The van der Waals surface area contributed by atoms with Crippen LogP contribution in [0.25, 0.3) is 11.3 Å². The summed E-state index contributed by atoms with van der Waals surface area (Å²) in [7, 11) is 1.92. The summed E-state index contributed by atoms with van der Waals surface area (Å²) in [6.45, 7) is 9.15. The van der Waals surface area contributed by atoms with Crippen molar-refractivity contribution in [2.45, 2.75) is 20.0 Å². The van der Waals surface area contributed by atoms with E-state index in [1.54, 1.807) is 13.0 Å². The molecule has 4 heteroatoms. The number of aromatic nitrogens is 2. The van der Waals surface area contributed by atoms with Crippen LogP contribution in [0.4, 0.5) is 0 Å². The zero-order chi connectivity index (χ0) is 16.1. The Morgan fingerprint density at radius 1 is 1.36 bits per heavy atom. The molecule has 114 valence electrons. The lowest BCUT2D eigenvalue weighted by Gasteiger charge is -2.08. The molecule has 0 radical (unpaired) electrons. The van der Waals surface area contributed by atoms with Crippen LogP contribution in [-0.2, 0) is 29.6 Å². The zero-order valence-electron chi connectivity index (χ0n) is 13.0. The maximum atomic E-state index is 11.6. The van der Waals surface area contributed by atoms with Crippen molar-refractivity contribution in [2.24, 2.45) is 7.05 Å². The van der Waals surface area contributed by atoms with E-state index in [1.165, 1.54) is 0 Å². The van der Waals surface area contributed by atoms with Gasteiger partial charge in [0.05, 0.1) is 11.4 Å². The van der Waals surface area contributed by atoms with Gasteiger partial charge < -0.3 is 9.30 Å². The molecule has 1 aromatic heterocycles. The van der Waals surface area contributed by atoms with E-state index in [9.17, 15) is 4.79 Å². The number of carbonyl (C=O) groups is 1. The first kappa shape index (κ1) is 15.8. The highest BCUT2D eigenvalue weighted by molar-refractivity contribution is 5.87. The monoisotopic (exact) mass is 296 g/mol. The van der Waals surface area contributed by atoms with E-state index in [4.69, 9.17) is 4.74 Å². The fourth-order valence-electron chi connectivity index (χ4n) is 2.14. The van der Waals surface area contributed by atoms with Gasteiger partial charge in [-0.3, -0.25) is 0 Å². The first-order valence-corrected chi connectivity index (χ1v) is 7.08. The summed E-state index contributed by atoms with van der Waals surface area (Å²) in [4.78, 5) is 16.3. The van der Waals surface area contributed by atoms with Gasteiger partial charge in [-0.15, -0.1) is 6.58 Å². The van der Waals surface area contributed by atoms with Crippen LogP contribution in [0.15, 0.2) is 55.1 Å². The number of benzene rings is 1. The number of imidazole rings is 1. The molecule has 0 atom stereocenters. The molecule has 4 nitrogen and oxygen atoms in total. The molecule has 0 aliphatic rings. The third kappa shape index (κ3) is 3.34. The summed E-state index contributed by atoms with van der Waals surface area (Å²) in [5.74, 6) is 0.487. The Hall–Kier alpha value is -2.62. The van der Waals surface area contributed by atoms with Gasteiger partial charge in [-0.1, -0.05) is 43.0 Å². The minimum absolute atomic E-state index is 0.163. The molecule has 22 heavy (non-hydrogen) atoms. The van der Waals surface area contributed by atoms with Crippen molar-refractivity contribution in [2.75, 3.05) is 0 Å². The smallest absolute Gasteiger partial charge is 0.333 e. The van der Waals surface area contributed by atoms with Crippen LogP contribution >= 0.6 is 0 Å². The second-order valence-corrected chi connectivity index (χ2v) is 5.10. The topological polar surface area (TPSA) is 44.1 Å². The molecule has 0 bridgehead atoms. The quantitative estimate of drug-likeness (QED) is 0.466. The van der Waals surface area contributed by atoms with Crippen molar-refractivity contribution < 1.29 is 9.53 Å². The van der Waals surface area contributed by atoms with Gasteiger partial charge in [-0.25, -0.2) is 9.78 Å². The lowest BCUT2D eigenvalue weighted by molar-refractivity contribution is -0.140. The third-order valence-electron chi connectivity index (χ3n) is 3.37. The molecule has 0 amide bonds. The van der Waals surface area contributed by atoms with Gasteiger partial charge in [0.1, 0.15) is 12.4 Å². The van der Waals surface area contributed by atoms with Crippen LogP contribution in [0.3, 0.4) is 0 Å². The highest BCUT2D eigenvalue weighted by Crippen LogP contribution is 2.24. The second kappa shape index (κ2) is 6.89. The summed E-state index contributed by atoms with van der Waals surface area (Å²) in [5.41, 5.74) is 3.07. The molecule has 0 aliphatic carbocycles. The Balaban J connectivity index is 2.39. The summed E-state index contributed by atoms with van der Waals surface area (Å²) in [6, 6.07) is 9.85. The summed E-state index contributed by atoms with van der Waals surface area (Å²) >= 11 is 0. The van der Waals surface area contributed by atoms with Gasteiger partial charge in [0.25, 0.3) is 0 Å². The molecule has 0 aliphatic heterocycles. The maximum Gasteiger partial charge on any atom is 0.333 e. The minimum atomic E-state index is -0.398. The minimum Gasteiger partial charge on any atom is -0.456 e. The summed E-state index contributed by atoms with van der Waals surface area (Å²) in [5, 5.41) is 0. The predicted octanol–water partition coefficient (Wildman–Crippen LogP) is 3.43. The molecular weight excluding hydrogens is 276 g/mol. The Morgan fingerprint density at radius 2 is 2.05 bits per heavy atom. The first-order valence-electron chi connectivity index (χ1n) is 7.08. The van der Waals surface area contributed by atoms with E-state index in [2.05, 4.69) is 18.1 Å². The molecule has 1 aromatic carbocycles. The van der Waals surface area contributed by atoms with Crippen LogP contribution in [0.5, 0.6) is 0 Å². The number of nitrogens with zero attached hydrogens (tertiary/aromatic N) is 2. The van der Waals surface area contributed by atoms with Crippen molar-refractivity contribution in [3.8, 4) is 11.3 Å². The van der Waals surface area contributed by atoms with E-state index in [0.29, 0.717) is 12.0 Å². The van der Waals surface area contributed by atoms with Crippen molar-refractivity contribution in [3.63, 3.8) is 0 Å². The van der Waals surface area contributed by atoms with Crippen molar-refractivity contribution in [1.82, 2.24) is 9.55 Å². The largest absolute Gasteiger partial charge is 0.456 e. The molecule has 0 saturated carbocycles. The van der Waals surface area contributed by atoms with Gasteiger partial charge in [0.2, 0.25) is 0 Å². The van der Waals surface area contributed by atoms with Crippen LogP contribution < -0.4 is 0 Å². The lowest BCUT2D eigenvalue weighted by atomic mass is 10.1. The van der Waals surface area contributed by atoms with E-state index in [1.807, 2.05) is 41.9 Å². The maximum absolute atomic E-state index is 11.6. The number of hydrogen-bond acceptors (Lipinski definition) is 3. The molecular formula is C18H20N2O2. The average molecular weight is 296 g/mol. The Bertz CT molecular complexity index is 699. The SMILES string of the molecule is C=CCc1nc(-c2ccccc2)c(COC(=O)C(=C)C)n1C. The van der Waals surface area contributed by atoms with E-state index in [0.717, 1.165) is 22.8 Å². The van der Waals surface area contributed by atoms with Crippen LogP contribution in [-0.4, -0.2) is 15.5 Å². The number of rotatable bonds is 6. The molecule has 0 fully saturated rings. The molecule has 0 spiro atoms. The molecule has 2 aromatic rings. The number of esters is 1. The Morgan fingerprint density at radius 3 is 2.64 bits per heavy atom. The molecule has 1 heterocycles. The third-order valence-corrected chi connectivity index (χ3v) is 3.37. The normalized spacial score (nSPS) is 10.3. The van der Waals surface area contributed by atoms with Crippen molar-refractivity contribution in [3.05, 3.63) is 66.7 Å². The Labute approximate surface area is 130 Å². The number of allylic oxidation sites excluding steroid dienone is 1. The number of carbonyl (C=O) groups excluding carboxylic acids is 1. The van der Waals surface area contributed by atoms with E-state index in [-0.39, 0.29) is 6.61 Å². The van der Waals surface area contributed by atoms with Crippen molar-refractivity contribution in [1.29, 1.82) is 0 Å². The molecule has 0 N–H and O–H groups in total. The van der Waals surface area contributed by atoms with E-state index < -0.39 is 5.97 Å². The van der Waals surface area contributed by atoms with E-state index >= 15 is 0 Å². The Kier molecular flexibility index (Phi) is 4.94. The van der Waals surface area contributed by atoms with Gasteiger partial charge in [-0.2, -0.15) is 0 Å². The van der Waals surface area contributed by atoms with Gasteiger partial charge in [-0.05, 0) is 6.92 Å². The second-order valence-electron chi connectivity index (χ2n) is 5.10. The fourth-order valence-corrected chi connectivity index (χ4v) is 2.14. The highest BCUT2D eigenvalue weighted by Gasteiger charge is 2.17. The molecule has 2 rings (SSSR count). The van der Waals surface area contributed by atoms with Crippen LogP contribution in [0, 0.1) is 0 Å². The highest BCUT2D eigenvalue weighted by atomic mass is 16.5. The standard InChI is InChI=1S/C18H20N2O2/c1-5-9-16-19-17(14-10-7-6-8-11-14)15(20(16)4)12-22-18(21)13(2)3/h5-8,10-11H,1-2,9,12H2,3-4H3. The average Bonchev–Trinajstić information content (AvgIpc) is 2.82. The van der Waals surface area contributed by atoms with Gasteiger partial charge in [0, 0.05) is 24.6 Å². The molecule has 0 saturated heterocycles. The summed E-state index contributed by atoms with van der Waals surface area (Å²) in [6.07, 6.45) is 2.46. The summed E-state index contributed by atoms with van der Waals surface area (Å²) < 4.78 is 7.25. The van der Waals surface area contributed by atoms with Crippen LogP contribution in [0.2, 0.25) is 0 Å². The van der Waals surface area contributed by atoms with Gasteiger partial charge in [0.15, 0.2) is 0 Å². The zero-order valence-corrected chi connectivity index (χ0v) is 13.0. The number of ether oxygens (including phenoxy) is 1. The van der Waals surface area contributed by atoms with Crippen molar-refractivity contribution >= 4 is 5.97 Å². The first-order chi connectivity index (χ1) is 10.5.